The van der Waals surface area contributed by atoms with Crippen molar-refractivity contribution in [3.05, 3.63) is 40.4 Å². The standard InChI is InChI=1S/C18H16F3N3O2S/c1-10-13-9-15(27-17(13)23(2)22-10)16(25)24-7-3-4-11-8-12(5-6-14(11)24)26-18(19,20)21/h5-6,8-9H,3-4,7H2,1-2H3. The van der Waals surface area contributed by atoms with Crippen molar-refractivity contribution in [2.45, 2.75) is 26.1 Å². The van der Waals surface area contributed by atoms with Gasteiger partial charge in [0.15, 0.2) is 0 Å². The smallest absolute Gasteiger partial charge is 0.406 e. The number of rotatable bonds is 2. The molecular weight excluding hydrogens is 379 g/mol. The monoisotopic (exact) mass is 395 g/mol. The molecule has 0 bridgehead atoms. The molecule has 2 aromatic heterocycles. The number of amides is 1. The normalized spacial score (nSPS) is 14.5. The van der Waals surface area contributed by atoms with Gasteiger partial charge in [0.05, 0.1) is 10.6 Å². The molecule has 0 N–H and O–H groups in total. The first kappa shape index (κ1) is 17.8. The Morgan fingerprint density at radius 1 is 1.30 bits per heavy atom. The lowest BCUT2D eigenvalue weighted by Gasteiger charge is -2.29. The molecule has 1 aliphatic heterocycles. The van der Waals surface area contributed by atoms with Crippen LogP contribution in [0, 0.1) is 6.92 Å². The van der Waals surface area contributed by atoms with Gasteiger partial charge in [-0.05, 0) is 49.6 Å². The lowest BCUT2D eigenvalue weighted by atomic mass is 10.0. The fourth-order valence-electron chi connectivity index (χ4n) is 3.43. The molecule has 0 unspecified atom stereocenters. The number of aromatic nitrogens is 2. The summed E-state index contributed by atoms with van der Waals surface area (Å²) in [6, 6.07) is 5.96. The molecule has 1 aromatic carbocycles. The SMILES string of the molecule is Cc1nn(C)c2sc(C(=O)N3CCCc4cc(OC(F)(F)F)ccc43)cc12. The summed E-state index contributed by atoms with van der Waals surface area (Å²) in [5.74, 6) is -0.417. The highest BCUT2D eigenvalue weighted by atomic mass is 32.1. The van der Waals surface area contributed by atoms with Gasteiger partial charge in [0.25, 0.3) is 5.91 Å². The van der Waals surface area contributed by atoms with E-state index < -0.39 is 6.36 Å². The number of alkyl halides is 3. The van der Waals surface area contributed by atoms with Crippen molar-refractivity contribution in [2.24, 2.45) is 7.05 Å². The number of anilines is 1. The summed E-state index contributed by atoms with van der Waals surface area (Å²) < 4.78 is 43.1. The summed E-state index contributed by atoms with van der Waals surface area (Å²) >= 11 is 1.37. The highest BCUT2D eigenvalue weighted by Gasteiger charge is 2.32. The third-order valence-corrected chi connectivity index (χ3v) is 5.75. The average Bonchev–Trinajstić information content (AvgIpc) is 3.14. The molecule has 4 rings (SSSR count). The van der Waals surface area contributed by atoms with E-state index in [-0.39, 0.29) is 11.7 Å². The molecule has 3 heterocycles. The minimum absolute atomic E-state index is 0.152. The zero-order valence-corrected chi connectivity index (χ0v) is 15.4. The van der Waals surface area contributed by atoms with E-state index in [9.17, 15) is 18.0 Å². The van der Waals surface area contributed by atoms with Gasteiger partial charge < -0.3 is 9.64 Å². The zero-order valence-electron chi connectivity index (χ0n) is 14.6. The van der Waals surface area contributed by atoms with Crippen molar-refractivity contribution < 1.29 is 22.7 Å². The van der Waals surface area contributed by atoms with Crippen LogP contribution in [0.1, 0.15) is 27.3 Å². The lowest BCUT2D eigenvalue weighted by Crippen LogP contribution is -2.35. The Kier molecular flexibility index (Phi) is 4.14. The van der Waals surface area contributed by atoms with E-state index in [1.54, 1.807) is 9.58 Å². The third kappa shape index (κ3) is 3.27. The molecule has 1 amide bonds. The predicted octanol–water partition coefficient (Wildman–Crippen LogP) is 4.43. The fourth-order valence-corrected chi connectivity index (χ4v) is 4.50. The number of halogens is 3. The Hall–Kier alpha value is -2.55. The number of fused-ring (bicyclic) bond motifs is 2. The Labute approximate surface area is 156 Å². The van der Waals surface area contributed by atoms with E-state index in [0.29, 0.717) is 35.5 Å². The number of ether oxygens (including phenoxy) is 1. The van der Waals surface area contributed by atoms with Crippen LogP contribution in [0.5, 0.6) is 5.75 Å². The van der Waals surface area contributed by atoms with Gasteiger partial charge in [-0.15, -0.1) is 24.5 Å². The molecule has 5 nitrogen and oxygen atoms in total. The second-order valence-corrected chi connectivity index (χ2v) is 7.47. The first-order valence-electron chi connectivity index (χ1n) is 8.36. The van der Waals surface area contributed by atoms with Crippen molar-refractivity contribution >= 4 is 33.1 Å². The van der Waals surface area contributed by atoms with Gasteiger partial charge in [-0.25, -0.2) is 0 Å². The van der Waals surface area contributed by atoms with Crippen LogP contribution in [-0.2, 0) is 13.5 Å². The molecule has 0 saturated heterocycles. The minimum Gasteiger partial charge on any atom is -0.406 e. The number of nitrogens with zero attached hydrogens (tertiary/aromatic N) is 3. The zero-order chi connectivity index (χ0) is 19.3. The van der Waals surface area contributed by atoms with Crippen molar-refractivity contribution in [2.75, 3.05) is 11.4 Å². The molecule has 0 aliphatic carbocycles. The number of carbonyl (C=O) groups excluding carboxylic acids is 1. The van der Waals surface area contributed by atoms with Gasteiger partial charge in [-0.1, -0.05) is 0 Å². The fraction of sp³-hybridized carbons (Fsp3) is 0.333. The molecule has 1 aliphatic rings. The van der Waals surface area contributed by atoms with E-state index in [2.05, 4.69) is 9.84 Å². The maximum Gasteiger partial charge on any atom is 0.573 e. The van der Waals surface area contributed by atoms with Crippen molar-refractivity contribution in [1.82, 2.24) is 9.78 Å². The van der Waals surface area contributed by atoms with Gasteiger partial charge in [0.2, 0.25) is 0 Å². The van der Waals surface area contributed by atoms with Crippen LogP contribution in [0.3, 0.4) is 0 Å². The quantitative estimate of drug-likeness (QED) is 0.645. The average molecular weight is 395 g/mol. The molecule has 0 saturated carbocycles. The Balaban J connectivity index is 1.66. The van der Waals surface area contributed by atoms with Gasteiger partial charge in [0, 0.05) is 24.7 Å². The maximum absolute atomic E-state index is 13.1. The minimum atomic E-state index is -4.73. The molecular formula is C18H16F3N3O2S. The number of hydrogen-bond donors (Lipinski definition) is 0. The van der Waals surface area contributed by atoms with E-state index in [1.807, 2.05) is 20.0 Å². The first-order chi connectivity index (χ1) is 12.7. The van der Waals surface area contributed by atoms with Crippen molar-refractivity contribution in [3.8, 4) is 5.75 Å². The largest absolute Gasteiger partial charge is 0.573 e. The lowest BCUT2D eigenvalue weighted by molar-refractivity contribution is -0.274. The van der Waals surface area contributed by atoms with Crippen molar-refractivity contribution in [1.29, 1.82) is 0 Å². The van der Waals surface area contributed by atoms with Crippen LogP contribution >= 0.6 is 11.3 Å². The number of hydrogen-bond acceptors (Lipinski definition) is 4. The first-order valence-corrected chi connectivity index (χ1v) is 9.18. The van der Waals surface area contributed by atoms with E-state index in [1.165, 1.54) is 29.5 Å². The van der Waals surface area contributed by atoms with Crippen LogP contribution in [-0.4, -0.2) is 28.6 Å². The molecule has 0 fully saturated rings. The summed E-state index contributed by atoms with van der Waals surface area (Å²) in [5, 5.41) is 5.28. The Morgan fingerprint density at radius 3 is 2.78 bits per heavy atom. The maximum atomic E-state index is 13.1. The third-order valence-electron chi connectivity index (χ3n) is 4.56. The van der Waals surface area contributed by atoms with E-state index >= 15 is 0 Å². The molecule has 3 aromatic rings. The van der Waals surface area contributed by atoms with Crippen LogP contribution < -0.4 is 9.64 Å². The van der Waals surface area contributed by atoms with Crippen LogP contribution in [0.2, 0.25) is 0 Å². The Bertz CT molecular complexity index is 1000. The molecule has 9 heteroatoms. The molecule has 0 radical (unpaired) electrons. The predicted molar refractivity (Wildman–Crippen MR) is 96.5 cm³/mol. The summed E-state index contributed by atoms with van der Waals surface area (Å²) in [5.41, 5.74) is 2.17. The molecule has 142 valence electrons. The number of carbonyl (C=O) groups is 1. The summed E-state index contributed by atoms with van der Waals surface area (Å²) in [7, 11) is 1.83. The highest BCUT2D eigenvalue weighted by molar-refractivity contribution is 7.20. The molecule has 0 atom stereocenters. The topological polar surface area (TPSA) is 47.4 Å². The summed E-state index contributed by atoms with van der Waals surface area (Å²) in [6.45, 7) is 2.42. The second-order valence-electron chi connectivity index (χ2n) is 6.44. The Morgan fingerprint density at radius 2 is 2.07 bits per heavy atom. The van der Waals surface area contributed by atoms with E-state index in [0.717, 1.165) is 15.9 Å². The highest BCUT2D eigenvalue weighted by Crippen LogP contribution is 2.35. The van der Waals surface area contributed by atoms with Crippen LogP contribution in [0.15, 0.2) is 24.3 Å². The number of thiophene rings is 1. The van der Waals surface area contributed by atoms with Gasteiger partial charge >= 0.3 is 6.36 Å². The second kappa shape index (κ2) is 6.26. The molecule has 27 heavy (non-hydrogen) atoms. The molecule has 0 spiro atoms. The van der Waals surface area contributed by atoms with Crippen molar-refractivity contribution in [3.63, 3.8) is 0 Å². The summed E-state index contributed by atoms with van der Waals surface area (Å²) in [6.07, 6.45) is -3.45. The van der Waals surface area contributed by atoms with Gasteiger partial charge in [-0.2, -0.15) is 5.10 Å². The van der Waals surface area contributed by atoms with Crippen LogP contribution in [0.4, 0.5) is 18.9 Å². The van der Waals surface area contributed by atoms with Gasteiger partial charge in [0.1, 0.15) is 10.6 Å². The van der Waals surface area contributed by atoms with E-state index in [4.69, 9.17) is 0 Å². The summed E-state index contributed by atoms with van der Waals surface area (Å²) in [4.78, 5) is 16.2. The van der Waals surface area contributed by atoms with Gasteiger partial charge in [-0.3, -0.25) is 9.48 Å². The van der Waals surface area contributed by atoms with Crippen LogP contribution in [0.25, 0.3) is 10.2 Å². The number of benzene rings is 1. The number of aryl methyl sites for hydroxylation is 3.